The Balaban J connectivity index is 1.19. The summed E-state index contributed by atoms with van der Waals surface area (Å²) in [4.78, 5) is 30.0. The van der Waals surface area contributed by atoms with Crippen LogP contribution >= 0.6 is 11.3 Å². The van der Waals surface area contributed by atoms with E-state index >= 15 is 0 Å². The third-order valence-corrected chi connectivity index (χ3v) is 6.41. The van der Waals surface area contributed by atoms with E-state index in [1.54, 1.807) is 17.3 Å². The highest BCUT2D eigenvalue weighted by Crippen LogP contribution is 2.09. The molecule has 2 aliphatic rings. The predicted molar refractivity (Wildman–Crippen MR) is 105 cm³/mol. The van der Waals surface area contributed by atoms with Crippen molar-refractivity contribution in [1.82, 2.24) is 14.9 Å². The molecular weight excluding hydrogens is 360 g/mol. The summed E-state index contributed by atoms with van der Waals surface area (Å²) in [6, 6.07) is 6.18. The van der Waals surface area contributed by atoms with Gasteiger partial charge in [0, 0.05) is 38.6 Å². The molecule has 2 aromatic rings. The lowest BCUT2D eigenvalue weighted by Gasteiger charge is -2.35. The monoisotopic (exact) mass is 388 g/mol. The van der Waals surface area contributed by atoms with Crippen LogP contribution in [0.4, 0.5) is 5.95 Å². The fourth-order valence-electron chi connectivity index (χ4n) is 3.91. The van der Waals surface area contributed by atoms with Crippen molar-refractivity contribution in [2.24, 2.45) is 0 Å². The largest absolute Gasteiger partial charge is 0.337 e. The first kappa shape index (κ1) is 18.3. The van der Waals surface area contributed by atoms with Crippen molar-refractivity contribution in [1.29, 1.82) is 0 Å². The van der Waals surface area contributed by atoms with Crippen molar-refractivity contribution >= 4 is 23.2 Å². The van der Waals surface area contributed by atoms with Crippen molar-refractivity contribution < 1.29 is 14.6 Å². The second-order valence-corrected chi connectivity index (χ2v) is 8.38. The zero-order valence-corrected chi connectivity index (χ0v) is 16.5. The van der Waals surface area contributed by atoms with Gasteiger partial charge in [0.05, 0.1) is 4.88 Å². The number of hydrogen-bond acceptors (Lipinski definition) is 5. The average molecular weight is 389 g/mol. The topological polar surface area (TPSA) is 58.2 Å². The number of nitrogens with one attached hydrogen (secondary N) is 2. The van der Waals surface area contributed by atoms with E-state index in [2.05, 4.69) is 32.4 Å². The number of hydrogen-bond donors (Lipinski definition) is 2. The van der Waals surface area contributed by atoms with E-state index in [0.717, 1.165) is 64.9 Å². The van der Waals surface area contributed by atoms with E-state index in [0.29, 0.717) is 12.5 Å². The number of amides is 1. The lowest BCUT2D eigenvalue weighted by Crippen LogP contribution is -3.28. The van der Waals surface area contributed by atoms with Gasteiger partial charge < -0.3 is 19.6 Å². The van der Waals surface area contributed by atoms with Crippen molar-refractivity contribution in [3.8, 4) is 0 Å². The maximum Gasteiger partial charge on any atom is 0.277 e. The zero-order chi connectivity index (χ0) is 18.5. The number of carbonyl (C=O) groups excluding carboxylic acids is 1. The molecule has 144 valence electrons. The summed E-state index contributed by atoms with van der Waals surface area (Å²) in [6.45, 7) is 9.39. The van der Waals surface area contributed by atoms with Gasteiger partial charge in [-0.2, -0.15) is 0 Å². The fraction of sp³-hybridized carbons (Fsp3) is 0.526. The minimum atomic E-state index is 0.292. The summed E-state index contributed by atoms with van der Waals surface area (Å²) < 4.78 is 0. The van der Waals surface area contributed by atoms with E-state index in [1.807, 2.05) is 22.3 Å². The second-order valence-electron chi connectivity index (χ2n) is 7.35. The summed E-state index contributed by atoms with van der Waals surface area (Å²) >= 11 is 1.84. The van der Waals surface area contributed by atoms with Crippen molar-refractivity contribution in [2.75, 3.05) is 63.8 Å². The Hall–Kier alpha value is -2.03. The number of thiophene rings is 1. The molecule has 4 rings (SSSR count). The predicted octanol–water partition coefficient (Wildman–Crippen LogP) is -1.83. The number of nitrogens with zero attached hydrogens (tertiary/aromatic N) is 4. The third-order valence-electron chi connectivity index (χ3n) is 5.54. The number of aromatic nitrogens is 2. The third kappa shape index (κ3) is 4.82. The van der Waals surface area contributed by atoms with Gasteiger partial charge in [0.15, 0.2) is 6.54 Å². The molecule has 0 bridgehead atoms. The lowest BCUT2D eigenvalue weighted by molar-refractivity contribution is -1.02. The smallest absolute Gasteiger partial charge is 0.277 e. The number of anilines is 1. The first-order valence-corrected chi connectivity index (χ1v) is 10.6. The SMILES string of the molecule is O=C(C[NH+]1CC[NH+](Cc2cccs2)CC1)N1CCN(c2ncccn2)CC1. The van der Waals surface area contributed by atoms with Crippen LogP contribution in [0.3, 0.4) is 0 Å². The summed E-state index contributed by atoms with van der Waals surface area (Å²) in [5.41, 5.74) is 0. The number of quaternary nitrogens is 2. The molecule has 2 saturated heterocycles. The molecule has 0 unspecified atom stereocenters. The first-order valence-electron chi connectivity index (χ1n) is 9.77. The maximum atomic E-state index is 12.7. The highest BCUT2D eigenvalue weighted by Gasteiger charge is 2.29. The quantitative estimate of drug-likeness (QED) is 0.633. The van der Waals surface area contributed by atoms with Crippen molar-refractivity contribution in [2.45, 2.75) is 6.54 Å². The molecule has 2 aromatic heterocycles. The van der Waals surface area contributed by atoms with Crippen LogP contribution in [0.1, 0.15) is 4.88 Å². The van der Waals surface area contributed by atoms with Gasteiger partial charge in [0.25, 0.3) is 5.91 Å². The van der Waals surface area contributed by atoms with Gasteiger partial charge in [-0.1, -0.05) is 6.07 Å². The summed E-state index contributed by atoms with van der Waals surface area (Å²) in [7, 11) is 0. The Morgan fingerprint density at radius 2 is 1.70 bits per heavy atom. The van der Waals surface area contributed by atoms with Crippen LogP contribution in [0.15, 0.2) is 36.0 Å². The van der Waals surface area contributed by atoms with Crippen LogP contribution in [-0.4, -0.2) is 79.7 Å². The van der Waals surface area contributed by atoms with E-state index in [1.165, 1.54) is 9.78 Å². The number of rotatable bonds is 5. The summed E-state index contributed by atoms with van der Waals surface area (Å²) in [6.07, 6.45) is 3.53. The van der Waals surface area contributed by atoms with Crippen LogP contribution in [0, 0.1) is 0 Å². The fourth-order valence-corrected chi connectivity index (χ4v) is 4.68. The molecule has 7 nitrogen and oxygen atoms in total. The molecule has 0 saturated carbocycles. The van der Waals surface area contributed by atoms with Gasteiger partial charge in [-0.25, -0.2) is 9.97 Å². The molecule has 2 aliphatic heterocycles. The lowest BCUT2D eigenvalue weighted by atomic mass is 10.2. The molecule has 0 aromatic carbocycles. The number of piperazine rings is 2. The Labute approximate surface area is 164 Å². The Morgan fingerprint density at radius 3 is 2.37 bits per heavy atom. The minimum Gasteiger partial charge on any atom is -0.337 e. The Kier molecular flexibility index (Phi) is 5.96. The maximum absolute atomic E-state index is 12.7. The van der Waals surface area contributed by atoms with E-state index < -0.39 is 0 Å². The van der Waals surface area contributed by atoms with E-state index in [4.69, 9.17) is 0 Å². The molecule has 4 heterocycles. The highest BCUT2D eigenvalue weighted by molar-refractivity contribution is 7.09. The van der Waals surface area contributed by atoms with Crippen molar-refractivity contribution in [3.05, 3.63) is 40.8 Å². The van der Waals surface area contributed by atoms with Crippen LogP contribution < -0.4 is 14.7 Å². The molecule has 0 atom stereocenters. The molecule has 27 heavy (non-hydrogen) atoms. The van der Waals surface area contributed by atoms with Gasteiger partial charge in [0.2, 0.25) is 5.95 Å². The highest BCUT2D eigenvalue weighted by atomic mass is 32.1. The molecule has 8 heteroatoms. The number of carbonyl (C=O) groups is 1. The zero-order valence-electron chi connectivity index (χ0n) is 15.6. The molecular formula is C19H28N6OS+2. The van der Waals surface area contributed by atoms with E-state index in [9.17, 15) is 4.79 Å². The Bertz CT molecular complexity index is 709. The normalized spacial score (nSPS) is 23.4. The Morgan fingerprint density at radius 1 is 1.00 bits per heavy atom. The standard InChI is InChI=1S/C19H26N6OS/c26-18(24-10-12-25(13-11-24)19-20-4-2-5-21-19)16-23-8-6-22(7-9-23)15-17-3-1-14-27-17/h1-5,14H,6-13,15-16H2/p+2. The van der Waals surface area contributed by atoms with Crippen molar-refractivity contribution in [3.63, 3.8) is 0 Å². The second kappa shape index (κ2) is 8.77. The average Bonchev–Trinajstić information content (AvgIpc) is 3.23. The van der Waals surface area contributed by atoms with Crippen LogP contribution in [-0.2, 0) is 11.3 Å². The molecule has 1 amide bonds. The van der Waals surface area contributed by atoms with E-state index in [-0.39, 0.29) is 0 Å². The van der Waals surface area contributed by atoms with Gasteiger partial charge >= 0.3 is 0 Å². The molecule has 2 fully saturated rings. The first-order chi connectivity index (χ1) is 13.3. The molecule has 0 radical (unpaired) electrons. The van der Waals surface area contributed by atoms with Crippen LogP contribution in [0.2, 0.25) is 0 Å². The molecule has 0 aliphatic carbocycles. The minimum absolute atomic E-state index is 0.292. The van der Waals surface area contributed by atoms with Crippen LogP contribution in [0.5, 0.6) is 0 Å². The van der Waals surface area contributed by atoms with Gasteiger partial charge in [-0.3, -0.25) is 4.79 Å². The molecule has 0 spiro atoms. The van der Waals surface area contributed by atoms with Gasteiger partial charge in [-0.05, 0) is 17.5 Å². The summed E-state index contributed by atoms with van der Waals surface area (Å²) in [5.74, 6) is 1.06. The van der Waals surface area contributed by atoms with Gasteiger partial charge in [0.1, 0.15) is 32.7 Å². The summed E-state index contributed by atoms with van der Waals surface area (Å²) in [5, 5.41) is 2.15. The van der Waals surface area contributed by atoms with Crippen LogP contribution in [0.25, 0.3) is 0 Å². The molecule has 2 N–H and O–H groups in total. The van der Waals surface area contributed by atoms with Gasteiger partial charge in [-0.15, -0.1) is 11.3 Å².